The minimum atomic E-state index is -0.571. The molecule has 162 valence electrons. The number of hydrogen-bond acceptors (Lipinski definition) is 5. The van der Waals surface area contributed by atoms with Gasteiger partial charge in [0.1, 0.15) is 5.75 Å². The van der Waals surface area contributed by atoms with E-state index >= 15 is 0 Å². The molecule has 0 bridgehead atoms. The van der Waals surface area contributed by atoms with Crippen molar-refractivity contribution in [3.8, 4) is 5.75 Å². The van der Waals surface area contributed by atoms with E-state index in [0.717, 1.165) is 25.3 Å². The van der Waals surface area contributed by atoms with Gasteiger partial charge in [-0.2, -0.15) is 0 Å². The Morgan fingerprint density at radius 1 is 1.03 bits per heavy atom. The van der Waals surface area contributed by atoms with Crippen LogP contribution in [0.5, 0.6) is 5.75 Å². The van der Waals surface area contributed by atoms with E-state index in [1.807, 2.05) is 0 Å². The number of nitro groups is 1. The average molecular weight is 424 g/mol. The van der Waals surface area contributed by atoms with Crippen LogP contribution in [0.3, 0.4) is 0 Å². The van der Waals surface area contributed by atoms with Gasteiger partial charge in [-0.05, 0) is 24.7 Å². The number of hydrogen-bond donors (Lipinski definition) is 3. The lowest BCUT2D eigenvalue weighted by Crippen LogP contribution is -2.33. The largest absolute Gasteiger partial charge is 0.506 e. The summed E-state index contributed by atoms with van der Waals surface area (Å²) in [6, 6.07) is 3.56. The molecule has 1 aromatic carbocycles. The summed E-state index contributed by atoms with van der Waals surface area (Å²) in [5.41, 5.74) is -0.0976. The van der Waals surface area contributed by atoms with Crippen LogP contribution in [-0.4, -0.2) is 21.0 Å². The van der Waals surface area contributed by atoms with Gasteiger partial charge < -0.3 is 15.7 Å². The minimum absolute atomic E-state index is 0.00821. The summed E-state index contributed by atoms with van der Waals surface area (Å²) in [7, 11) is 0. The lowest BCUT2D eigenvalue weighted by atomic mass is 10.1. The lowest BCUT2D eigenvalue weighted by Gasteiger charge is -2.10. The third-order valence-electron chi connectivity index (χ3n) is 4.70. The molecule has 0 saturated heterocycles. The second-order valence-electron chi connectivity index (χ2n) is 7.25. The quantitative estimate of drug-likeness (QED) is 0.115. The van der Waals surface area contributed by atoms with E-state index in [4.69, 9.17) is 12.2 Å². The van der Waals surface area contributed by atoms with Gasteiger partial charge in [-0.3, -0.25) is 14.9 Å². The predicted octanol–water partition coefficient (Wildman–Crippen LogP) is 5.81. The van der Waals surface area contributed by atoms with Crippen molar-refractivity contribution in [1.29, 1.82) is 0 Å². The maximum atomic E-state index is 12.0. The van der Waals surface area contributed by atoms with Crippen molar-refractivity contribution in [2.24, 2.45) is 0 Å². The number of rotatable bonds is 14. The molecular weight excluding hydrogens is 390 g/mol. The van der Waals surface area contributed by atoms with E-state index in [1.54, 1.807) is 0 Å². The minimum Gasteiger partial charge on any atom is -0.506 e. The fourth-order valence-corrected chi connectivity index (χ4v) is 3.25. The Labute approximate surface area is 178 Å². The van der Waals surface area contributed by atoms with Crippen molar-refractivity contribution >= 4 is 34.6 Å². The maximum absolute atomic E-state index is 12.0. The Balaban J connectivity index is 2.14. The summed E-state index contributed by atoms with van der Waals surface area (Å²) in [5, 5.41) is 25.7. The molecule has 0 saturated carbocycles. The van der Waals surface area contributed by atoms with Crippen molar-refractivity contribution in [3.63, 3.8) is 0 Å². The Hall–Kier alpha value is -2.22. The Morgan fingerprint density at radius 2 is 1.59 bits per heavy atom. The maximum Gasteiger partial charge on any atom is 0.271 e. The smallest absolute Gasteiger partial charge is 0.271 e. The third kappa shape index (κ3) is 11.4. The zero-order valence-electron chi connectivity index (χ0n) is 17.2. The Morgan fingerprint density at radius 3 is 2.14 bits per heavy atom. The molecular formula is C21H33N3O4S. The predicted molar refractivity (Wildman–Crippen MR) is 120 cm³/mol. The average Bonchev–Trinajstić information content (AvgIpc) is 2.67. The first kappa shape index (κ1) is 24.8. The summed E-state index contributed by atoms with van der Waals surface area (Å²) in [4.78, 5) is 22.2. The molecule has 1 aromatic rings. The highest BCUT2D eigenvalue weighted by Gasteiger charge is 2.12. The summed E-state index contributed by atoms with van der Waals surface area (Å²) >= 11 is 5.04. The van der Waals surface area contributed by atoms with E-state index < -0.39 is 4.92 Å². The van der Waals surface area contributed by atoms with Crippen LogP contribution in [0.25, 0.3) is 0 Å². The zero-order valence-corrected chi connectivity index (χ0v) is 18.1. The molecule has 29 heavy (non-hydrogen) atoms. The summed E-state index contributed by atoms with van der Waals surface area (Å²) in [6.07, 6.45) is 13.7. The number of aromatic hydroxyl groups is 1. The molecule has 0 aliphatic rings. The molecule has 0 aliphatic heterocycles. The molecule has 0 radical (unpaired) electrons. The molecule has 0 fully saturated rings. The number of carbonyl (C=O) groups is 1. The van der Waals surface area contributed by atoms with Gasteiger partial charge in [-0.15, -0.1) is 0 Å². The van der Waals surface area contributed by atoms with Crippen molar-refractivity contribution in [2.75, 3.05) is 5.32 Å². The van der Waals surface area contributed by atoms with Gasteiger partial charge in [0.15, 0.2) is 5.11 Å². The highest BCUT2D eigenvalue weighted by Crippen LogP contribution is 2.27. The number of nitro benzene ring substituents is 1. The number of carbonyl (C=O) groups excluding carboxylic acids is 1. The second-order valence-corrected chi connectivity index (χ2v) is 7.65. The van der Waals surface area contributed by atoms with Crippen molar-refractivity contribution in [2.45, 2.75) is 84.0 Å². The van der Waals surface area contributed by atoms with E-state index in [0.29, 0.717) is 6.42 Å². The monoisotopic (exact) mass is 423 g/mol. The Kier molecular flexibility index (Phi) is 12.6. The molecule has 3 N–H and O–H groups in total. The molecule has 0 aromatic heterocycles. The number of phenolic OH excluding ortho intramolecular Hbond substituents is 1. The highest BCUT2D eigenvalue weighted by molar-refractivity contribution is 7.80. The van der Waals surface area contributed by atoms with Gasteiger partial charge in [0, 0.05) is 18.6 Å². The molecule has 0 unspecified atom stereocenters. The van der Waals surface area contributed by atoms with E-state index in [1.165, 1.54) is 63.5 Å². The molecule has 1 amide bonds. The SMILES string of the molecule is CCCCCCCCCCCCCC(=O)NC(=S)Nc1cc([N+](=O)[O-])ccc1O. The first-order valence-electron chi connectivity index (χ1n) is 10.5. The topological polar surface area (TPSA) is 104 Å². The third-order valence-corrected chi connectivity index (χ3v) is 4.90. The molecule has 1 rings (SSSR count). The van der Waals surface area contributed by atoms with Crippen LogP contribution < -0.4 is 10.6 Å². The molecule has 0 aliphatic carbocycles. The van der Waals surface area contributed by atoms with Crippen molar-refractivity contribution < 1.29 is 14.8 Å². The van der Waals surface area contributed by atoms with Crippen LogP contribution in [0.2, 0.25) is 0 Å². The normalized spacial score (nSPS) is 10.5. The number of nitrogens with one attached hydrogen (secondary N) is 2. The fourth-order valence-electron chi connectivity index (χ4n) is 3.03. The molecule has 7 nitrogen and oxygen atoms in total. The highest BCUT2D eigenvalue weighted by atomic mass is 32.1. The number of phenols is 1. The zero-order chi connectivity index (χ0) is 21.5. The molecule has 8 heteroatoms. The number of nitrogens with zero attached hydrogens (tertiary/aromatic N) is 1. The number of non-ortho nitro benzene ring substituents is 1. The van der Waals surface area contributed by atoms with E-state index in [2.05, 4.69) is 17.6 Å². The van der Waals surface area contributed by atoms with E-state index in [-0.39, 0.29) is 28.1 Å². The fraction of sp³-hybridized carbons (Fsp3) is 0.619. The summed E-state index contributed by atoms with van der Waals surface area (Å²) < 4.78 is 0. The summed E-state index contributed by atoms with van der Waals surface area (Å²) in [5.74, 6) is -0.388. The van der Waals surface area contributed by atoms with Crippen LogP contribution in [0.4, 0.5) is 11.4 Å². The van der Waals surface area contributed by atoms with Crippen LogP contribution in [0, 0.1) is 10.1 Å². The van der Waals surface area contributed by atoms with Crippen molar-refractivity contribution in [3.05, 3.63) is 28.3 Å². The first-order chi connectivity index (χ1) is 13.9. The van der Waals surface area contributed by atoms with Gasteiger partial charge in [-0.1, -0.05) is 71.1 Å². The molecule has 0 atom stereocenters. The Bertz CT molecular complexity index is 667. The van der Waals surface area contributed by atoms with Gasteiger partial charge >= 0.3 is 0 Å². The number of thiocarbonyl (C=S) groups is 1. The second kappa shape index (κ2) is 14.7. The van der Waals surface area contributed by atoms with Gasteiger partial charge in [0.05, 0.1) is 10.6 Å². The van der Waals surface area contributed by atoms with Crippen LogP contribution >= 0.6 is 12.2 Å². The lowest BCUT2D eigenvalue weighted by molar-refractivity contribution is -0.384. The number of unbranched alkanes of at least 4 members (excludes halogenated alkanes) is 10. The molecule has 0 heterocycles. The van der Waals surface area contributed by atoms with Crippen LogP contribution in [0.1, 0.15) is 84.0 Å². The van der Waals surface area contributed by atoms with Crippen molar-refractivity contribution in [1.82, 2.24) is 5.32 Å². The number of anilines is 1. The first-order valence-corrected chi connectivity index (χ1v) is 10.9. The van der Waals surface area contributed by atoms with Gasteiger partial charge in [-0.25, -0.2) is 0 Å². The van der Waals surface area contributed by atoms with Crippen LogP contribution in [-0.2, 0) is 4.79 Å². The number of amides is 1. The number of benzene rings is 1. The summed E-state index contributed by atoms with van der Waals surface area (Å²) in [6.45, 7) is 2.23. The van der Waals surface area contributed by atoms with Crippen LogP contribution in [0.15, 0.2) is 18.2 Å². The standard InChI is InChI=1S/C21H33N3O4S/c1-2-3-4-5-6-7-8-9-10-11-12-13-20(26)23-21(29)22-18-16-17(24(27)28)14-15-19(18)25/h14-16,25H,2-13H2,1H3,(H2,22,23,26,29). The van der Waals surface area contributed by atoms with Gasteiger partial charge in [0.25, 0.3) is 5.69 Å². The van der Waals surface area contributed by atoms with Gasteiger partial charge in [0.2, 0.25) is 5.91 Å². The van der Waals surface area contributed by atoms with E-state index in [9.17, 15) is 20.0 Å². The molecule has 0 spiro atoms.